The Hall–Kier alpha value is -2.18. The molecule has 18 heavy (non-hydrogen) atoms. The Labute approximate surface area is 101 Å². The first-order valence-electron chi connectivity index (χ1n) is 5.17. The lowest BCUT2D eigenvalue weighted by Gasteiger charge is -2.26. The van der Waals surface area contributed by atoms with Crippen molar-refractivity contribution in [3.8, 4) is 0 Å². The highest BCUT2D eigenvalue weighted by Gasteiger charge is 2.26. The number of carbonyl (C=O) groups is 2. The van der Waals surface area contributed by atoms with Crippen LogP contribution in [0.3, 0.4) is 0 Å². The Balaban J connectivity index is 2.46. The van der Waals surface area contributed by atoms with Crippen molar-refractivity contribution >= 4 is 17.7 Å². The maximum atomic E-state index is 13.6. The average molecular weight is 257 g/mol. The second-order valence-electron chi connectivity index (χ2n) is 3.71. The van der Waals surface area contributed by atoms with Gasteiger partial charge in [0.25, 0.3) is 0 Å². The van der Waals surface area contributed by atoms with Gasteiger partial charge in [-0.1, -0.05) is 0 Å². The Morgan fingerprint density at radius 3 is 2.67 bits per heavy atom. The van der Waals surface area contributed by atoms with Crippen molar-refractivity contribution < 1.29 is 28.2 Å². The van der Waals surface area contributed by atoms with Crippen LogP contribution in [0, 0.1) is 11.6 Å². The smallest absolute Gasteiger partial charge is 0.414 e. The van der Waals surface area contributed by atoms with E-state index in [4.69, 9.17) is 9.84 Å². The molecule has 1 aliphatic heterocycles. The van der Waals surface area contributed by atoms with Crippen LogP contribution in [-0.4, -0.2) is 30.3 Å². The third kappa shape index (κ3) is 2.11. The van der Waals surface area contributed by atoms with Crippen molar-refractivity contribution in [3.63, 3.8) is 0 Å². The fourth-order valence-corrected chi connectivity index (χ4v) is 1.68. The van der Waals surface area contributed by atoms with Crippen LogP contribution in [-0.2, 0) is 4.74 Å². The van der Waals surface area contributed by atoms with E-state index in [0.717, 1.165) is 11.0 Å². The SMILES string of the molecule is O=C(O)c1cc(N2CCCOC2=O)c(F)cc1F. The number of ether oxygens (including phenoxy) is 1. The number of carbonyl (C=O) groups excluding carboxylic acids is 1. The molecule has 1 amide bonds. The Kier molecular flexibility index (Phi) is 3.14. The van der Waals surface area contributed by atoms with Crippen LogP contribution >= 0.6 is 0 Å². The van der Waals surface area contributed by atoms with Gasteiger partial charge in [0.05, 0.1) is 17.9 Å². The van der Waals surface area contributed by atoms with Gasteiger partial charge in [-0.15, -0.1) is 0 Å². The molecule has 0 aliphatic carbocycles. The van der Waals surface area contributed by atoms with Gasteiger partial charge >= 0.3 is 12.1 Å². The van der Waals surface area contributed by atoms with Crippen molar-refractivity contribution in [3.05, 3.63) is 29.3 Å². The molecule has 0 radical (unpaired) electrons. The zero-order valence-corrected chi connectivity index (χ0v) is 9.15. The largest absolute Gasteiger partial charge is 0.478 e. The molecule has 1 aromatic rings. The summed E-state index contributed by atoms with van der Waals surface area (Å²) in [5.41, 5.74) is -0.983. The lowest BCUT2D eigenvalue weighted by molar-refractivity contribution is 0.0691. The van der Waals surface area contributed by atoms with Crippen LogP contribution in [0.25, 0.3) is 0 Å². The monoisotopic (exact) mass is 257 g/mol. The van der Waals surface area contributed by atoms with E-state index < -0.39 is 29.3 Å². The maximum absolute atomic E-state index is 13.6. The summed E-state index contributed by atoms with van der Waals surface area (Å²) in [7, 11) is 0. The molecular weight excluding hydrogens is 248 g/mol. The molecule has 0 bridgehead atoms. The van der Waals surface area contributed by atoms with E-state index in [2.05, 4.69) is 0 Å². The van der Waals surface area contributed by atoms with E-state index in [1.165, 1.54) is 0 Å². The number of cyclic esters (lactones) is 1. The third-order valence-electron chi connectivity index (χ3n) is 2.53. The summed E-state index contributed by atoms with van der Waals surface area (Å²) >= 11 is 0. The number of amides is 1. The standard InChI is InChI=1S/C11H9F2NO4/c12-7-5-8(13)9(4-6(7)10(15)16)14-2-1-3-18-11(14)17/h4-5H,1-3H2,(H,15,16). The first-order valence-corrected chi connectivity index (χ1v) is 5.17. The molecule has 0 spiro atoms. The van der Waals surface area contributed by atoms with Gasteiger partial charge in [0.15, 0.2) is 0 Å². The minimum absolute atomic E-state index is 0.195. The minimum atomic E-state index is -1.53. The lowest BCUT2D eigenvalue weighted by Crippen LogP contribution is -2.38. The molecule has 7 heteroatoms. The van der Waals surface area contributed by atoms with Crippen LogP contribution in [0.4, 0.5) is 19.3 Å². The Bertz CT molecular complexity index is 518. The topological polar surface area (TPSA) is 66.8 Å². The average Bonchev–Trinajstić information content (AvgIpc) is 2.30. The second-order valence-corrected chi connectivity index (χ2v) is 3.71. The quantitative estimate of drug-likeness (QED) is 0.880. The van der Waals surface area contributed by atoms with Gasteiger partial charge in [-0.25, -0.2) is 18.4 Å². The fourth-order valence-electron chi connectivity index (χ4n) is 1.68. The van der Waals surface area contributed by atoms with Crippen LogP contribution in [0.5, 0.6) is 0 Å². The summed E-state index contributed by atoms with van der Waals surface area (Å²) < 4.78 is 31.5. The van der Waals surface area contributed by atoms with E-state index >= 15 is 0 Å². The molecule has 0 saturated carbocycles. The molecule has 0 atom stereocenters. The summed E-state index contributed by atoms with van der Waals surface area (Å²) in [6, 6.07) is 1.24. The van der Waals surface area contributed by atoms with Gasteiger partial charge in [-0.3, -0.25) is 4.90 Å². The van der Waals surface area contributed by atoms with Crippen molar-refractivity contribution in [2.24, 2.45) is 0 Å². The van der Waals surface area contributed by atoms with E-state index in [1.807, 2.05) is 0 Å². The first-order chi connectivity index (χ1) is 8.50. The second kappa shape index (κ2) is 4.59. The fraction of sp³-hybridized carbons (Fsp3) is 0.273. The molecule has 96 valence electrons. The van der Waals surface area contributed by atoms with Gasteiger partial charge < -0.3 is 9.84 Å². The highest BCUT2D eigenvalue weighted by atomic mass is 19.1. The molecule has 1 saturated heterocycles. The number of anilines is 1. The number of benzene rings is 1. The van der Waals surface area contributed by atoms with Crippen molar-refractivity contribution in [1.29, 1.82) is 0 Å². The van der Waals surface area contributed by atoms with Gasteiger partial charge in [-0.2, -0.15) is 0 Å². The molecule has 2 rings (SSSR count). The molecule has 1 fully saturated rings. The van der Waals surface area contributed by atoms with Crippen LogP contribution < -0.4 is 4.90 Å². The zero-order valence-electron chi connectivity index (χ0n) is 9.15. The summed E-state index contributed by atoms with van der Waals surface area (Å²) in [5.74, 6) is -3.72. The maximum Gasteiger partial charge on any atom is 0.414 e. The van der Waals surface area contributed by atoms with E-state index in [9.17, 15) is 18.4 Å². The molecule has 0 aromatic heterocycles. The van der Waals surface area contributed by atoms with E-state index in [0.29, 0.717) is 12.5 Å². The summed E-state index contributed by atoms with van der Waals surface area (Å²) in [5, 5.41) is 8.75. The van der Waals surface area contributed by atoms with Crippen molar-refractivity contribution in [2.45, 2.75) is 6.42 Å². The number of rotatable bonds is 2. The van der Waals surface area contributed by atoms with Crippen molar-refractivity contribution in [1.82, 2.24) is 0 Å². The van der Waals surface area contributed by atoms with Crippen LogP contribution in [0.15, 0.2) is 12.1 Å². The van der Waals surface area contributed by atoms with E-state index in [-0.39, 0.29) is 18.8 Å². The number of carboxylic acids is 1. The van der Waals surface area contributed by atoms with Gasteiger partial charge in [0.2, 0.25) is 0 Å². The Morgan fingerprint density at radius 1 is 1.33 bits per heavy atom. The predicted octanol–water partition coefficient (Wildman–Crippen LogP) is 2.01. The molecule has 1 heterocycles. The van der Waals surface area contributed by atoms with E-state index in [1.54, 1.807) is 0 Å². The van der Waals surface area contributed by atoms with Gasteiger partial charge in [-0.05, 0) is 12.5 Å². The number of carboxylic acid groups (broad SMARTS) is 1. The van der Waals surface area contributed by atoms with Crippen LogP contribution in [0.1, 0.15) is 16.8 Å². The molecule has 1 aromatic carbocycles. The molecule has 0 unspecified atom stereocenters. The normalized spacial score (nSPS) is 15.4. The molecular formula is C11H9F2NO4. The third-order valence-corrected chi connectivity index (χ3v) is 2.53. The van der Waals surface area contributed by atoms with Gasteiger partial charge in [0, 0.05) is 12.6 Å². The van der Waals surface area contributed by atoms with Crippen LogP contribution in [0.2, 0.25) is 0 Å². The summed E-state index contributed by atoms with van der Waals surface area (Å²) in [6.45, 7) is 0.421. The Morgan fingerprint density at radius 2 is 2.06 bits per heavy atom. The predicted molar refractivity (Wildman–Crippen MR) is 56.6 cm³/mol. The minimum Gasteiger partial charge on any atom is -0.478 e. The number of hydrogen-bond donors (Lipinski definition) is 1. The number of aromatic carboxylic acids is 1. The van der Waals surface area contributed by atoms with Crippen molar-refractivity contribution in [2.75, 3.05) is 18.1 Å². The highest BCUT2D eigenvalue weighted by molar-refractivity contribution is 5.93. The van der Waals surface area contributed by atoms with Gasteiger partial charge in [0.1, 0.15) is 11.6 Å². The zero-order chi connectivity index (χ0) is 13.3. The highest BCUT2D eigenvalue weighted by Crippen LogP contribution is 2.25. The molecule has 1 N–H and O–H groups in total. The number of halogens is 2. The number of hydrogen-bond acceptors (Lipinski definition) is 3. The number of nitrogens with zero attached hydrogens (tertiary/aromatic N) is 1. The summed E-state index contributed by atoms with van der Waals surface area (Å²) in [4.78, 5) is 23.1. The molecule has 5 nitrogen and oxygen atoms in total. The summed E-state index contributed by atoms with van der Waals surface area (Å²) in [6.07, 6.45) is -0.284. The molecule has 1 aliphatic rings. The lowest BCUT2D eigenvalue weighted by atomic mass is 10.1. The first kappa shape index (κ1) is 12.3.